The molecule has 0 aliphatic rings. The average molecular weight is 247 g/mol. The van der Waals surface area contributed by atoms with Crippen molar-refractivity contribution >= 4 is 11.9 Å². The monoisotopic (exact) mass is 247 g/mol. The van der Waals surface area contributed by atoms with Gasteiger partial charge in [-0.15, -0.1) is 5.10 Å². The second kappa shape index (κ2) is 6.43. The minimum atomic E-state index is -0.0885. The van der Waals surface area contributed by atoms with Crippen LogP contribution in [-0.4, -0.2) is 26.5 Å². The van der Waals surface area contributed by atoms with E-state index in [0.29, 0.717) is 6.42 Å². The molecule has 2 N–H and O–H groups in total. The second-order valence-corrected chi connectivity index (χ2v) is 3.85. The van der Waals surface area contributed by atoms with Gasteiger partial charge in [0.2, 0.25) is 5.91 Å². The third-order valence-electron chi connectivity index (χ3n) is 2.44. The number of pyridine rings is 1. The Kier molecular flexibility index (Phi) is 4.34. The van der Waals surface area contributed by atoms with Crippen LogP contribution in [0.1, 0.15) is 19.3 Å². The van der Waals surface area contributed by atoms with Crippen molar-refractivity contribution in [3.63, 3.8) is 0 Å². The van der Waals surface area contributed by atoms with Gasteiger partial charge < -0.3 is 0 Å². The molecule has 2 heterocycles. The summed E-state index contributed by atoms with van der Waals surface area (Å²) in [5, 5.41) is 15.5. The van der Waals surface area contributed by atoms with Crippen LogP contribution in [0.25, 0.3) is 0 Å². The Morgan fingerprint density at radius 2 is 2.11 bits per heavy atom. The molecule has 18 heavy (non-hydrogen) atoms. The summed E-state index contributed by atoms with van der Waals surface area (Å²) in [6.07, 6.45) is 6.26. The van der Waals surface area contributed by atoms with Gasteiger partial charge in [0.25, 0.3) is 5.95 Å². The van der Waals surface area contributed by atoms with E-state index in [2.05, 4.69) is 30.5 Å². The number of unbranched alkanes of at least 4 members (excludes halogenated alkanes) is 1. The largest absolute Gasteiger partial charge is 0.292 e. The van der Waals surface area contributed by atoms with Crippen molar-refractivity contribution in [3.05, 3.63) is 30.6 Å². The number of hydrogen-bond donors (Lipinski definition) is 2. The van der Waals surface area contributed by atoms with Gasteiger partial charge in [-0.1, -0.05) is 11.2 Å². The van der Waals surface area contributed by atoms with Crippen LogP contribution in [0.5, 0.6) is 0 Å². The Bertz CT molecular complexity index is 470. The number of H-pyrrole nitrogens is 1. The smallest absolute Gasteiger partial charge is 0.269 e. The fourth-order valence-electron chi connectivity index (χ4n) is 1.57. The number of anilines is 1. The van der Waals surface area contributed by atoms with E-state index < -0.39 is 0 Å². The van der Waals surface area contributed by atoms with Crippen LogP contribution in [0.15, 0.2) is 30.6 Å². The fraction of sp³-hybridized carbons (Fsp3) is 0.364. The van der Waals surface area contributed by atoms with Crippen LogP contribution >= 0.6 is 0 Å². The Labute approximate surface area is 104 Å². The summed E-state index contributed by atoms with van der Waals surface area (Å²) in [6.45, 7) is 0.913. The zero-order chi connectivity index (χ0) is 12.6. The highest BCUT2D eigenvalue weighted by Crippen LogP contribution is 1.99. The molecular formula is C11H15N6O+. The predicted octanol–water partition coefficient (Wildman–Crippen LogP) is 0.296. The molecule has 0 saturated carbocycles. The number of nitrogens with one attached hydrogen (secondary N) is 2. The highest BCUT2D eigenvalue weighted by Gasteiger charge is 2.06. The zero-order valence-electron chi connectivity index (χ0n) is 9.91. The van der Waals surface area contributed by atoms with Gasteiger partial charge in [0, 0.05) is 25.0 Å². The third kappa shape index (κ3) is 3.93. The van der Waals surface area contributed by atoms with Crippen LogP contribution in [0.2, 0.25) is 0 Å². The maximum absolute atomic E-state index is 11.5. The van der Waals surface area contributed by atoms with Gasteiger partial charge in [-0.3, -0.25) is 10.1 Å². The third-order valence-corrected chi connectivity index (χ3v) is 2.44. The number of aromatic amines is 1. The van der Waals surface area contributed by atoms with Crippen LogP contribution in [0, 0.1) is 0 Å². The number of nitrogens with zero attached hydrogens (tertiary/aromatic N) is 4. The van der Waals surface area contributed by atoms with Crippen LogP contribution in [0.3, 0.4) is 0 Å². The molecule has 7 nitrogen and oxygen atoms in total. The number of rotatable bonds is 6. The first-order valence-corrected chi connectivity index (χ1v) is 5.82. The van der Waals surface area contributed by atoms with Gasteiger partial charge in [0.15, 0.2) is 12.4 Å². The van der Waals surface area contributed by atoms with Gasteiger partial charge in [0.1, 0.15) is 6.54 Å². The summed E-state index contributed by atoms with van der Waals surface area (Å²) >= 11 is 0. The van der Waals surface area contributed by atoms with Crippen LogP contribution in [-0.2, 0) is 11.3 Å². The molecule has 0 unspecified atom stereocenters. The molecule has 0 saturated heterocycles. The quantitative estimate of drug-likeness (QED) is 0.567. The summed E-state index contributed by atoms with van der Waals surface area (Å²) in [4.78, 5) is 11.5. The van der Waals surface area contributed by atoms with E-state index in [0.717, 1.165) is 19.4 Å². The molecule has 2 rings (SSSR count). The van der Waals surface area contributed by atoms with Gasteiger partial charge in [0.05, 0.1) is 0 Å². The minimum absolute atomic E-state index is 0.0885. The number of aromatic nitrogens is 5. The van der Waals surface area contributed by atoms with E-state index in [1.165, 1.54) is 0 Å². The van der Waals surface area contributed by atoms with E-state index >= 15 is 0 Å². The van der Waals surface area contributed by atoms with Gasteiger partial charge >= 0.3 is 0 Å². The first-order valence-electron chi connectivity index (χ1n) is 5.82. The standard InChI is InChI=1S/C11H14N6O/c18-10(12-11-13-15-16-14-11)6-2-5-9-17-7-3-1-4-8-17/h1,3-4,7-8H,2,5-6,9H2,(H-,12,13,14,15,16,18)/p+1. The Morgan fingerprint density at radius 3 is 2.83 bits per heavy atom. The van der Waals surface area contributed by atoms with E-state index in [4.69, 9.17) is 0 Å². The second-order valence-electron chi connectivity index (χ2n) is 3.85. The number of tetrazole rings is 1. The fourth-order valence-corrected chi connectivity index (χ4v) is 1.57. The molecule has 94 valence electrons. The highest BCUT2D eigenvalue weighted by molar-refractivity contribution is 5.88. The Morgan fingerprint density at radius 1 is 1.28 bits per heavy atom. The van der Waals surface area contributed by atoms with Crippen molar-refractivity contribution in [1.82, 2.24) is 20.6 Å². The molecule has 0 atom stereocenters. The lowest BCUT2D eigenvalue weighted by Gasteiger charge is -1.99. The van der Waals surface area contributed by atoms with Crippen molar-refractivity contribution in [1.29, 1.82) is 0 Å². The first-order chi connectivity index (χ1) is 8.84. The Balaban J connectivity index is 1.62. The number of amides is 1. The van der Waals surface area contributed by atoms with E-state index in [9.17, 15) is 4.79 Å². The molecule has 1 amide bonds. The van der Waals surface area contributed by atoms with Crippen molar-refractivity contribution in [2.75, 3.05) is 5.32 Å². The lowest BCUT2D eigenvalue weighted by molar-refractivity contribution is -0.697. The van der Waals surface area contributed by atoms with E-state index in [-0.39, 0.29) is 11.9 Å². The number of hydrogen-bond acceptors (Lipinski definition) is 4. The molecule has 0 bridgehead atoms. The molecule has 0 fully saturated rings. The van der Waals surface area contributed by atoms with Gasteiger partial charge in [-0.25, -0.2) is 4.57 Å². The van der Waals surface area contributed by atoms with Crippen molar-refractivity contribution in [2.24, 2.45) is 0 Å². The van der Waals surface area contributed by atoms with Crippen molar-refractivity contribution in [3.8, 4) is 0 Å². The SMILES string of the molecule is O=C(CCCC[n+]1ccccc1)Nc1nn[nH]n1. The molecule has 0 aliphatic carbocycles. The maximum Gasteiger partial charge on any atom is 0.269 e. The number of carbonyl (C=O) groups excluding carboxylic acids is 1. The minimum Gasteiger partial charge on any atom is -0.292 e. The lowest BCUT2D eigenvalue weighted by atomic mass is 10.2. The number of aryl methyl sites for hydroxylation is 1. The molecule has 0 aliphatic heterocycles. The molecule has 0 aromatic carbocycles. The molecular weight excluding hydrogens is 232 g/mol. The maximum atomic E-state index is 11.5. The first kappa shape index (κ1) is 12.2. The predicted molar refractivity (Wildman–Crippen MR) is 63.3 cm³/mol. The van der Waals surface area contributed by atoms with Crippen molar-refractivity contribution < 1.29 is 9.36 Å². The van der Waals surface area contributed by atoms with Crippen LogP contribution < -0.4 is 9.88 Å². The van der Waals surface area contributed by atoms with E-state index in [1.54, 1.807) is 0 Å². The van der Waals surface area contributed by atoms with Crippen LogP contribution in [0.4, 0.5) is 5.95 Å². The van der Waals surface area contributed by atoms with E-state index in [1.807, 2.05) is 30.6 Å². The summed E-state index contributed by atoms with van der Waals surface area (Å²) in [5.74, 6) is 0.131. The topological polar surface area (TPSA) is 87.4 Å². The lowest BCUT2D eigenvalue weighted by Crippen LogP contribution is -2.32. The summed E-state index contributed by atoms with van der Waals surface area (Å²) in [7, 11) is 0. The zero-order valence-corrected chi connectivity index (χ0v) is 9.91. The molecule has 7 heteroatoms. The number of carbonyl (C=O) groups is 1. The summed E-state index contributed by atoms with van der Waals surface area (Å²) in [5.41, 5.74) is 0. The average Bonchev–Trinajstić information content (AvgIpc) is 2.89. The van der Waals surface area contributed by atoms with Gasteiger partial charge in [-0.2, -0.15) is 5.21 Å². The molecule has 0 radical (unpaired) electrons. The molecule has 2 aromatic rings. The van der Waals surface area contributed by atoms with Gasteiger partial charge in [-0.05, 0) is 11.6 Å². The summed E-state index contributed by atoms with van der Waals surface area (Å²) < 4.78 is 2.09. The highest BCUT2D eigenvalue weighted by atomic mass is 16.1. The molecule has 0 spiro atoms. The van der Waals surface area contributed by atoms with Crippen molar-refractivity contribution in [2.45, 2.75) is 25.8 Å². The Hall–Kier alpha value is -2.31. The normalized spacial score (nSPS) is 10.2. The summed E-state index contributed by atoms with van der Waals surface area (Å²) in [6, 6.07) is 5.96. The molecule has 2 aromatic heterocycles.